The van der Waals surface area contributed by atoms with Crippen LogP contribution in [0.1, 0.15) is 6.92 Å². The zero-order chi connectivity index (χ0) is 6.20. The molecule has 1 unspecified atom stereocenters. The molecule has 0 spiro atoms. The summed E-state index contributed by atoms with van der Waals surface area (Å²) in [5.41, 5.74) is -0.498. The van der Waals surface area contributed by atoms with Crippen molar-refractivity contribution in [2.24, 2.45) is 0 Å². The van der Waals surface area contributed by atoms with Crippen LogP contribution in [0.5, 0.6) is 0 Å². The van der Waals surface area contributed by atoms with E-state index in [0.29, 0.717) is 6.61 Å². The third kappa shape index (κ3) is 0.670. The highest BCUT2D eigenvalue weighted by Gasteiger charge is 2.45. The molecule has 1 aliphatic rings. The number of carbonyl (C=O) groups excluding carboxylic acids is 1. The van der Waals surface area contributed by atoms with Crippen molar-refractivity contribution in [1.82, 2.24) is 0 Å². The van der Waals surface area contributed by atoms with Crippen molar-refractivity contribution in [3.05, 3.63) is 12.7 Å². The van der Waals surface area contributed by atoms with Crippen molar-refractivity contribution in [3.63, 3.8) is 0 Å². The van der Waals surface area contributed by atoms with Gasteiger partial charge < -0.3 is 4.74 Å². The van der Waals surface area contributed by atoms with E-state index in [1.54, 1.807) is 6.92 Å². The molecule has 1 heterocycles. The van der Waals surface area contributed by atoms with Crippen molar-refractivity contribution < 1.29 is 9.53 Å². The standard InChI is InChI=1S/C6H8O2/c1-3-5(7)6(2)4-8-6/h3H,1,4H2,2H3. The molecule has 2 heteroatoms. The molecule has 1 aliphatic heterocycles. The highest BCUT2D eigenvalue weighted by Crippen LogP contribution is 2.26. The van der Waals surface area contributed by atoms with Gasteiger partial charge in [0.1, 0.15) is 0 Å². The van der Waals surface area contributed by atoms with Gasteiger partial charge in [-0.1, -0.05) is 6.58 Å². The van der Waals surface area contributed by atoms with Crippen molar-refractivity contribution in [1.29, 1.82) is 0 Å². The largest absolute Gasteiger partial charge is 0.361 e. The maximum absolute atomic E-state index is 10.7. The maximum atomic E-state index is 10.7. The number of hydrogen-bond donors (Lipinski definition) is 0. The van der Waals surface area contributed by atoms with Gasteiger partial charge in [0.15, 0.2) is 11.4 Å². The van der Waals surface area contributed by atoms with Crippen LogP contribution >= 0.6 is 0 Å². The zero-order valence-corrected chi connectivity index (χ0v) is 4.81. The van der Waals surface area contributed by atoms with E-state index in [0.717, 1.165) is 0 Å². The summed E-state index contributed by atoms with van der Waals surface area (Å²) in [5, 5.41) is 0. The number of hydrogen-bond acceptors (Lipinski definition) is 2. The molecule has 0 amide bonds. The molecule has 0 saturated carbocycles. The van der Waals surface area contributed by atoms with E-state index in [2.05, 4.69) is 6.58 Å². The summed E-state index contributed by atoms with van der Waals surface area (Å²) in [7, 11) is 0. The van der Waals surface area contributed by atoms with Gasteiger partial charge >= 0.3 is 0 Å². The lowest BCUT2D eigenvalue weighted by Crippen LogP contribution is -2.16. The van der Waals surface area contributed by atoms with E-state index in [-0.39, 0.29) is 5.78 Å². The second kappa shape index (κ2) is 1.42. The van der Waals surface area contributed by atoms with Crippen LogP contribution in [0.4, 0.5) is 0 Å². The fourth-order valence-corrected chi connectivity index (χ4v) is 0.466. The van der Waals surface area contributed by atoms with Crippen molar-refractivity contribution >= 4 is 5.78 Å². The van der Waals surface area contributed by atoms with Gasteiger partial charge in [-0.2, -0.15) is 0 Å². The summed E-state index contributed by atoms with van der Waals surface area (Å²) in [6.45, 7) is 5.65. The van der Waals surface area contributed by atoms with Crippen LogP contribution in [0.15, 0.2) is 12.7 Å². The third-order valence-electron chi connectivity index (χ3n) is 1.28. The highest BCUT2D eigenvalue weighted by molar-refractivity contribution is 5.98. The maximum Gasteiger partial charge on any atom is 0.188 e. The molecular formula is C6H8O2. The Morgan fingerprint density at radius 2 is 2.50 bits per heavy atom. The van der Waals surface area contributed by atoms with Crippen LogP contribution < -0.4 is 0 Å². The first-order chi connectivity index (χ1) is 3.69. The molecule has 0 bridgehead atoms. The normalized spacial score (nSPS) is 34.1. The van der Waals surface area contributed by atoms with Crippen LogP contribution in [-0.4, -0.2) is 18.0 Å². The van der Waals surface area contributed by atoms with Gasteiger partial charge in [-0.05, 0) is 13.0 Å². The molecule has 0 aromatic carbocycles. The summed E-state index contributed by atoms with van der Waals surface area (Å²) in [6, 6.07) is 0. The summed E-state index contributed by atoms with van der Waals surface area (Å²) in [6.07, 6.45) is 1.30. The number of carbonyl (C=O) groups is 1. The fourth-order valence-electron chi connectivity index (χ4n) is 0.466. The summed E-state index contributed by atoms with van der Waals surface area (Å²) < 4.78 is 4.83. The van der Waals surface area contributed by atoms with E-state index in [1.807, 2.05) is 0 Å². The molecule has 0 aromatic rings. The smallest absolute Gasteiger partial charge is 0.188 e. The predicted octanol–water partition coefficient (Wildman–Crippen LogP) is 0.530. The molecule has 0 N–H and O–H groups in total. The monoisotopic (exact) mass is 112 g/mol. The Kier molecular flexibility index (Phi) is 0.978. The highest BCUT2D eigenvalue weighted by atomic mass is 16.6. The van der Waals surface area contributed by atoms with Crippen LogP contribution in [0.25, 0.3) is 0 Å². The Labute approximate surface area is 48.1 Å². The quantitative estimate of drug-likeness (QED) is 0.385. The van der Waals surface area contributed by atoms with Crippen LogP contribution in [0, 0.1) is 0 Å². The SMILES string of the molecule is C=CC(=O)C1(C)CO1. The molecule has 1 atom stereocenters. The number of rotatable bonds is 2. The van der Waals surface area contributed by atoms with Gasteiger partial charge in [-0.25, -0.2) is 0 Å². The second-order valence-electron chi connectivity index (χ2n) is 2.09. The van der Waals surface area contributed by atoms with E-state index in [4.69, 9.17) is 4.74 Å². The molecule has 0 aliphatic carbocycles. The topological polar surface area (TPSA) is 29.6 Å². The average Bonchev–Trinajstić information content (AvgIpc) is 2.47. The Balaban J connectivity index is 2.58. The minimum Gasteiger partial charge on any atom is -0.361 e. The predicted molar refractivity (Wildman–Crippen MR) is 29.6 cm³/mol. The van der Waals surface area contributed by atoms with Gasteiger partial charge in [0.25, 0.3) is 0 Å². The molecule has 44 valence electrons. The molecule has 1 rings (SSSR count). The number of ketones is 1. The van der Waals surface area contributed by atoms with Gasteiger partial charge in [-0.3, -0.25) is 4.79 Å². The van der Waals surface area contributed by atoms with Crippen molar-refractivity contribution in [2.45, 2.75) is 12.5 Å². The molecule has 8 heavy (non-hydrogen) atoms. The van der Waals surface area contributed by atoms with E-state index < -0.39 is 5.60 Å². The van der Waals surface area contributed by atoms with Gasteiger partial charge in [0.2, 0.25) is 0 Å². The first kappa shape index (κ1) is 5.51. The third-order valence-corrected chi connectivity index (χ3v) is 1.28. The lowest BCUT2D eigenvalue weighted by molar-refractivity contribution is -0.118. The fraction of sp³-hybridized carbons (Fsp3) is 0.500. The molecule has 0 radical (unpaired) electrons. The second-order valence-corrected chi connectivity index (χ2v) is 2.09. The van der Waals surface area contributed by atoms with E-state index in [1.165, 1.54) is 6.08 Å². The molecule has 0 aromatic heterocycles. The van der Waals surface area contributed by atoms with Gasteiger partial charge in [0.05, 0.1) is 6.61 Å². The van der Waals surface area contributed by atoms with Crippen LogP contribution in [0.2, 0.25) is 0 Å². The van der Waals surface area contributed by atoms with E-state index >= 15 is 0 Å². The number of ether oxygens (including phenoxy) is 1. The molecular weight excluding hydrogens is 104 g/mol. The van der Waals surface area contributed by atoms with Crippen molar-refractivity contribution in [2.75, 3.05) is 6.61 Å². The molecule has 1 fully saturated rings. The lowest BCUT2D eigenvalue weighted by Gasteiger charge is -1.93. The first-order valence-corrected chi connectivity index (χ1v) is 2.50. The van der Waals surface area contributed by atoms with Crippen molar-refractivity contribution in [3.8, 4) is 0 Å². The summed E-state index contributed by atoms with van der Waals surface area (Å²) in [4.78, 5) is 10.7. The van der Waals surface area contributed by atoms with Gasteiger partial charge in [0, 0.05) is 0 Å². The summed E-state index contributed by atoms with van der Waals surface area (Å²) in [5.74, 6) is -0.0162. The molecule has 1 saturated heterocycles. The Morgan fingerprint density at radius 3 is 2.62 bits per heavy atom. The molecule has 2 nitrogen and oxygen atoms in total. The Bertz CT molecular complexity index is 133. The van der Waals surface area contributed by atoms with Crippen LogP contribution in [0.3, 0.4) is 0 Å². The van der Waals surface area contributed by atoms with E-state index in [9.17, 15) is 4.79 Å². The summed E-state index contributed by atoms with van der Waals surface area (Å²) >= 11 is 0. The van der Waals surface area contributed by atoms with Gasteiger partial charge in [-0.15, -0.1) is 0 Å². The number of epoxide rings is 1. The average molecular weight is 112 g/mol. The minimum atomic E-state index is -0.498. The first-order valence-electron chi connectivity index (χ1n) is 2.50. The lowest BCUT2D eigenvalue weighted by atomic mass is 10.1. The minimum absolute atomic E-state index is 0.0162. The zero-order valence-electron chi connectivity index (χ0n) is 4.81. The van der Waals surface area contributed by atoms with Crippen LogP contribution in [-0.2, 0) is 9.53 Å². The Morgan fingerprint density at radius 1 is 2.00 bits per heavy atom. The Hall–Kier alpha value is -0.630.